The SMILES string of the molecule is Cc1cc(Cl)ccc1N(C)C(=O)CN. The minimum absolute atomic E-state index is 0.0125. The zero-order valence-electron chi connectivity index (χ0n) is 8.25. The van der Waals surface area contributed by atoms with Gasteiger partial charge in [0.2, 0.25) is 5.91 Å². The maximum Gasteiger partial charge on any atom is 0.240 e. The maximum atomic E-state index is 11.3. The van der Waals surface area contributed by atoms with Gasteiger partial charge in [-0.2, -0.15) is 0 Å². The Bertz CT molecular complexity index is 352. The van der Waals surface area contributed by atoms with Crippen molar-refractivity contribution in [2.24, 2.45) is 5.73 Å². The summed E-state index contributed by atoms with van der Waals surface area (Å²) in [6, 6.07) is 5.38. The van der Waals surface area contributed by atoms with Gasteiger partial charge in [-0.3, -0.25) is 4.79 Å². The van der Waals surface area contributed by atoms with Crippen LogP contribution in [0.15, 0.2) is 18.2 Å². The Morgan fingerprint density at radius 1 is 1.57 bits per heavy atom. The number of halogens is 1. The highest BCUT2D eigenvalue weighted by molar-refractivity contribution is 6.30. The molecule has 1 aromatic carbocycles. The first-order chi connectivity index (χ1) is 6.56. The third kappa shape index (κ3) is 2.25. The molecule has 0 aliphatic heterocycles. The molecule has 2 N–H and O–H groups in total. The van der Waals surface area contributed by atoms with Gasteiger partial charge in [0.15, 0.2) is 0 Å². The Balaban J connectivity index is 3.01. The highest BCUT2D eigenvalue weighted by Gasteiger charge is 2.10. The molecule has 0 radical (unpaired) electrons. The second kappa shape index (κ2) is 4.44. The standard InChI is InChI=1S/C10H13ClN2O/c1-7-5-8(11)3-4-9(7)13(2)10(14)6-12/h3-5H,6,12H2,1-2H3. The van der Waals surface area contributed by atoms with Gasteiger partial charge < -0.3 is 10.6 Å². The van der Waals surface area contributed by atoms with Crippen molar-refractivity contribution in [3.8, 4) is 0 Å². The third-order valence-electron chi connectivity index (χ3n) is 2.07. The summed E-state index contributed by atoms with van der Waals surface area (Å²) in [6.45, 7) is 1.92. The van der Waals surface area contributed by atoms with E-state index in [0.717, 1.165) is 11.3 Å². The van der Waals surface area contributed by atoms with Gasteiger partial charge in [0.1, 0.15) is 0 Å². The zero-order valence-corrected chi connectivity index (χ0v) is 9.01. The van der Waals surface area contributed by atoms with Gasteiger partial charge in [-0.1, -0.05) is 11.6 Å². The lowest BCUT2D eigenvalue weighted by Crippen LogP contribution is -2.32. The van der Waals surface area contributed by atoms with E-state index in [2.05, 4.69) is 0 Å². The number of rotatable bonds is 2. The topological polar surface area (TPSA) is 46.3 Å². The first-order valence-electron chi connectivity index (χ1n) is 4.29. The fourth-order valence-corrected chi connectivity index (χ4v) is 1.49. The monoisotopic (exact) mass is 212 g/mol. The number of aryl methyl sites for hydroxylation is 1. The summed E-state index contributed by atoms with van der Waals surface area (Å²) in [5.41, 5.74) is 7.07. The van der Waals surface area contributed by atoms with E-state index in [4.69, 9.17) is 17.3 Å². The zero-order chi connectivity index (χ0) is 10.7. The number of anilines is 1. The normalized spacial score (nSPS) is 10.0. The third-order valence-corrected chi connectivity index (χ3v) is 2.30. The molecule has 1 aromatic rings. The molecular weight excluding hydrogens is 200 g/mol. The largest absolute Gasteiger partial charge is 0.322 e. The Morgan fingerprint density at radius 2 is 2.21 bits per heavy atom. The first kappa shape index (κ1) is 11.0. The number of nitrogens with two attached hydrogens (primary N) is 1. The summed E-state index contributed by atoms with van der Waals surface area (Å²) in [4.78, 5) is 12.9. The maximum absolute atomic E-state index is 11.3. The number of hydrogen-bond acceptors (Lipinski definition) is 2. The fourth-order valence-electron chi connectivity index (χ4n) is 1.27. The Morgan fingerprint density at radius 3 is 2.71 bits per heavy atom. The van der Waals surface area contributed by atoms with Crippen molar-refractivity contribution in [1.82, 2.24) is 0 Å². The molecule has 0 bridgehead atoms. The summed E-state index contributed by atoms with van der Waals surface area (Å²) in [7, 11) is 1.70. The molecule has 0 aliphatic rings. The lowest BCUT2D eigenvalue weighted by molar-refractivity contribution is -0.117. The van der Waals surface area contributed by atoms with Crippen LogP contribution >= 0.6 is 11.6 Å². The van der Waals surface area contributed by atoms with Crippen LogP contribution in [0.1, 0.15) is 5.56 Å². The van der Waals surface area contributed by atoms with Gasteiger partial charge in [-0.05, 0) is 30.7 Å². The molecule has 0 saturated carbocycles. The van der Waals surface area contributed by atoms with Crippen LogP contribution < -0.4 is 10.6 Å². The molecule has 0 fully saturated rings. The van der Waals surface area contributed by atoms with Gasteiger partial charge >= 0.3 is 0 Å². The average molecular weight is 213 g/mol. The molecule has 0 aliphatic carbocycles. The van der Waals surface area contributed by atoms with E-state index in [0.29, 0.717) is 5.02 Å². The van der Waals surface area contributed by atoms with E-state index < -0.39 is 0 Å². The van der Waals surface area contributed by atoms with Gasteiger partial charge in [0, 0.05) is 17.8 Å². The molecular formula is C10H13ClN2O. The van der Waals surface area contributed by atoms with Crippen molar-refractivity contribution in [3.63, 3.8) is 0 Å². The molecule has 0 unspecified atom stereocenters. The van der Waals surface area contributed by atoms with Crippen LogP contribution in [-0.4, -0.2) is 19.5 Å². The van der Waals surface area contributed by atoms with Crippen molar-refractivity contribution in [1.29, 1.82) is 0 Å². The number of likely N-dealkylation sites (N-methyl/N-ethyl adjacent to an activating group) is 1. The quantitative estimate of drug-likeness (QED) is 0.809. The lowest BCUT2D eigenvalue weighted by atomic mass is 10.2. The van der Waals surface area contributed by atoms with E-state index in [1.165, 1.54) is 4.90 Å². The lowest BCUT2D eigenvalue weighted by Gasteiger charge is -2.18. The second-order valence-corrected chi connectivity index (χ2v) is 3.52. The summed E-state index contributed by atoms with van der Waals surface area (Å²) >= 11 is 5.81. The first-order valence-corrected chi connectivity index (χ1v) is 4.67. The van der Waals surface area contributed by atoms with Crippen molar-refractivity contribution >= 4 is 23.2 Å². The van der Waals surface area contributed by atoms with E-state index in [1.54, 1.807) is 13.1 Å². The van der Waals surface area contributed by atoms with Crippen molar-refractivity contribution < 1.29 is 4.79 Å². The summed E-state index contributed by atoms with van der Waals surface area (Å²) < 4.78 is 0. The van der Waals surface area contributed by atoms with Crippen LogP contribution in [0, 0.1) is 6.92 Å². The van der Waals surface area contributed by atoms with Gasteiger partial charge in [0.05, 0.1) is 6.54 Å². The van der Waals surface area contributed by atoms with Crippen molar-refractivity contribution in [2.45, 2.75) is 6.92 Å². The molecule has 14 heavy (non-hydrogen) atoms. The predicted molar refractivity (Wildman–Crippen MR) is 58.7 cm³/mol. The van der Waals surface area contributed by atoms with Crippen LogP contribution in [0.4, 0.5) is 5.69 Å². The Labute approximate surface area is 88.5 Å². The Kier molecular flexibility index (Phi) is 3.49. The molecule has 1 amide bonds. The van der Waals surface area contributed by atoms with Crippen molar-refractivity contribution in [3.05, 3.63) is 28.8 Å². The molecule has 3 nitrogen and oxygen atoms in total. The number of carbonyl (C=O) groups excluding carboxylic acids is 1. The number of hydrogen-bond donors (Lipinski definition) is 1. The van der Waals surface area contributed by atoms with Gasteiger partial charge in [-0.15, -0.1) is 0 Å². The number of benzene rings is 1. The van der Waals surface area contributed by atoms with Crippen LogP contribution in [-0.2, 0) is 4.79 Å². The van der Waals surface area contributed by atoms with E-state index in [9.17, 15) is 4.79 Å². The molecule has 76 valence electrons. The summed E-state index contributed by atoms with van der Waals surface area (Å²) in [6.07, 6.45) is 0. The molecule has 0 saturated heterocycles. The molecule has 1 rings (SSSR count). The van der Waals surface area contributed by atoms with E-state index in [-0.39, 0.29) is 12.5 Å². The number of amides is 1. The molecule has 0 heterocycles. The molecule has 0 spiro atoms. The Hall–Kier alpha value is -1.06. The second-order valence-electron chi connectivity index (χ2n) is 3.09. The van der Waals surface area contributed by atoms with E-state index in [1.807, 2.05) is 19.1 Å². The summed E-state index contributed by atoms with van der Waals surface area (Å²) in [5, 5.41) is 0.667. The molecule has 4 heteroatoms. The van der Waals surface area contributed by atoms with Crippen LogP contribution in [0.5, 0.6) is 0 Å². The minimum Gasteiger partial charge on any atom is -0.322 e. The van der Waals surface area contributed by atoms with Gasteiger partial charge in [-0.25, -0.2) is 0 Å². The fraction of sp³-hybridized carbons (Fsp3) is 0.300. The highest BCUT2D eigenvalue weighted by Crippen LogP contribution is 2.22. The number of carbonyl (C=O) groups is 1. The average Bonchev–Trinajstić information content (AvgIpc) is 2.15. The predicted octanol–water partition coefficient (Wildman–Crippen LogP) is 1.57. The van der Waals surface area contributed by atoms with Gasteiger partial charge in [0.25, 0.3) is 0 Å². The van der Waals surface area contributed by atoms with E-state index >= 15 is 0 Å². The smallest absolute Gasteiger partial charge is 0.240 e. The minimum atomic E-state index is -0.115. The van der Waals surface area contributed by atoms with Crippen molar-refractivity contribution in [2.75, 3.05) is 18.5 Å². The number of nitrogens with zero attached hydrogens (tertiary/aromatic N) is 1. The van der Waals surface area contributed by atoms with Crippen LogP contribution in [0.3, 0.4) is 0 Å². The van der Waals surface area contributed by atoms with Crippen LogP contribution in [0.25, 0.3) is 0 Å². The van der Waals surface area contributed by atoms with Crippen LogP contribution in [0.2, 0.25) is 5.02 Å². The summed E-state index contributed by atoms with van der Waals surface area (Å²) in [5.74, 6) is -0.115. The molecule has 0 atom stereocenters. The molecule has 0 aromatic heterocycles. The highest BCUT2D eigenvalue weighted by atomic mass is 35.5.